The SMILES string of the molecule is C=Cc1ccc([Si](CCCN(CCCC)CCCC)(OCC)OCC)cc1. The van der Waals surface area contributed by atoms with Crippen LogP contribution in [-0.2, 0) is 8.85 Å². The molecule has 0 unspecified atom stereocenters. The van der Waals surface area contributed by atoms with Gasteiger partial charge < -0.3 is 13.8 Å². The Balaban J connectivity index is 2.84. The molecular weight excluding hydrogens is 350 g/mol. The number of rotatable bonds is 16. The monoisotopic (exact) mass is 391 g/mol. The van der Waals surface area contributed by atoms with Gasteiger partial charge in [-0.05, 0) is 69.5 Å². The first-order chi connectivity index (χ1) is 13.2. The van der Waals surface area contributed by atoms with Gasteiger partial charge in [0.05, 0.1) is 0 Å². The molecule has 0 saturated carbocycles. The fourth-order valence-corrected chi connectivity index (χ4v) is 6.70. The van der Waals surface area contributed by atoms with Crippen LogP contribution in [0.5, 0.6) is 0 Å². The summed E-state index contributed by atoms with van der Waals surface area (Å²) in [5.41, 5.74) is 1.14. The Morgan fingerprint density at radius 2 is 1.37 bits per heavy atom. The van der Waals surface area contributed by atoms with Crippen molar-refractivity contribution in [1.29, 1.82) is 0 Å². The van der Waals surface area contributed by atoms with Crippen molar-refractivity contribution in [2.75, 3.05) is 32.8 Å². The third-order valence-electron chi connectivity index (χ3n) is 4.98. The smallest absolute Gasteiger partial charge is 0.372 e. The molecule has 27 heavy (non-hydrogen) atoms. The fraction of sp³-hybridized carbons (Fsp3) is 0.652. The molecule has 0 bridgehead atoms. The van der Waals surface area contributed by atoms with E-state index in [1.165, 1.54) is 44.0 Å². The van der Waals surface area contributed by atoms with Crippen LogP contribution in [0, 0.1) is 0 Å². The van der Waals surface area contributed by atoms with Gasteiger partial charge in [-0.1, -0.05) is 63.6 Å². The molecule has 0 N–H and O–H groups in total. The molecule has 0 amide bonds. The molecule has 1 rings (SSSR count). The first kappa shape index (κ1) is 24.1. The third kappa shape index (κ3) is 8.30. The zero-order chi connectivity index (χ0) is 20.0. The van der Waals surface area contributed by atoms with E-state index in [1.807, 2.05) is 6.08 Å². The van der Waals surface area contributed by atoms with Crippen molar-refractivity contribution in [1.82, 2.24) is 4.90 Å². The molecule has 1 aromatic rings. The van der Waals surface area contributed by atoms with Gasteiger partial charge in [-0.2, -0.15) is 0 Å². The van der Waals surface area contributed by atoms with Crippen molar-refractivity contribution in [3.63, 3.8) is 0 Å². The average molecular weight is 392 g/mol. The van der Waals surface area contributed by atoms with E-state index in [0.717, 1.165) is 24.6 Å². The lowest BCUT2D eigenvalue weighted by molar-refractivity contribution is 0.191. The highest BCUT2D eigenvalue weighted by molar-refractivity contribution is 6.81. The van der Waals surface area contributed by atoms with E-state index in [2.05, 4.69) is 63.4 Å². The van der Waals surface area contributed by atoms with Gasteiger partial charge in [-0.3, -0.25) is 0 Å². The molecule has 0 heterocycles. The zero-order valence-electron chi connectivity index (χ0n) is 18.1. The second-order valence-electron chi connectivity index (χ2n) is 7.10. The highest BCUT2D eigenvalue weighted by Crippen LogP contribution is 2.18. The number of unbranched alkanes of at least 4 members (excludes halogenated alkanes) is 2. The van der Waals surface area contributed by atoms with Crippen LogP contribution in [0.25, 0.3) is 6.08 Å². The lowest BCUT2D eigenvalue weighted by Crippen LogP contribution is -2.54. The summed E-state index contributed by atoms with van der Waals surface area (Å²) < 4.78 is 12.7. The Morgan fingerprint density at radius 3 is 1.81 bits per heavy atom. The molecule has 154 valence electrons. The van der Waals surface area contributed by atoms with Crippen molar-refractivity contribution in [3.8, 4) is 0 Å². The van der Waals surface area contributed by atoms with Crippen molar-refractivity contribution >= 4 is 19.8 Å². The number of hydrogen-bond donors (Lipinski definition) is 0. The Bertz CT molecular complexity index is 490. The summed E-state index contributed by atoms with van der Waals surface area (Å²) in [6.07, 6.45) is 8.10. The van der Waals surface area contributed by atoms with E-state index in [9.17, 15) is 0 Å². The maximum atomic E-state index is 6.35. The molecule has 0 aliphatic rings. The van der Waals surface area contributed by atoms with Crippen LogP contribution in [-0.4, -0.2) is 46.3 Å². The lowest BCUT2D eigenvalue weighted by Gasteiger charge is -2.31. The molecule has 0 spiro atoms. The molecule has 0 aliphatic heterocycles. The summed E-state index contributed by atoms with van der Waals surface area (Å²) >= 11 is 0. The first-order valence-corrected chi connectivity index (χ1v) is 12.9. The first-order valence-electron chi connectivity index (χ1n) is 10.9. The summed E-state index contributed by atoms with van der Waals surface area (Å²) in [5.74, 6) is 0. The van der Waals surface area contributed by atoms with Gasteiger partial charge in [0.25, 0.3) is 0 Å². The molecule has 1 aromatic carbocycles. The maximum absolute atomic E-state index is 6.35. The lowest BCUT2D eigenvalue weighted by atomic mass is 10.2. The van der Waals surface area contributed by atoms with Crippen LogP contribution >= 0.6 is 0 Å². The molecule has 0 radical (unpaired) electrons. The van der Waals surface area contributed by atoms with Gasteiger partial charge in [-0.25, -0.2) is 0 Å². The second kappa shape index (κ2) is 14.1. The largest absolute Gasteiger partial charge is 0.391 e. The minimum absolute atomic E-state index is 0.699. The average Bonchev–Trinajstić information content (AvgIpc) is 2.70. The van der Waals surface area contributed by atoms with E-state index in [4.69, 9.17) is 8.85 Å². The molecule has 3 nitrogen and oxygen atoms in total. The predicted molar refractivity (Wildman–Crippen MR) is 121 cm³/mol. The third-order valence-corrected chi connectivity index (χ3v) is 8.71. The van der Waals surface area contributed by atoms with Gasteiger partial charge in [0.1, 0.15) is 0 Å². The molecular formula is C23H41NO2Si. The number of benzene rings is 1. The fourth-order valence-electron chi connectivity index (χ4n) is 3.47. The van der Waals surface area contributed by atoms with Crippen molar-refractivity contribution in [3.05, 3.63) is 36.4 Å². The van der Waals surface area contributed by atoms with Crippen LogP contribution in [0.1, 0.15) is 65.4 Å². The number of hydrogen-bond acceptors (Lipinski definition) is 3. The van der Waals surface area contributed by atoms with E-state index < -0.39 is 8.56 Å². The molecule has 0 aromatic heterocycles. The van der Waals surface area contributed by atoms with Crippen LogP contribution in [0.3, 0.4) is 0 Å². The van der Waals surface area contributed by atoms with E-state index in [0.29, 0.717) is 13.2 Å². The summed E-state index contributed by atoms with van der Waals surface area (Å²) in [5, 5.41) is 1.24. The summed E-state index contributed by atoms with van der Waals surface area (Å²) in [6.45, 7) is 17.5. The second-order valence-corrected chi connectivity index (χ2v) is 10.3. The quantitative estimate of drug-likeness (QED) is 0.355. The minimum atomic E-state index is -2.40. The molecule has 0 fully saturated rings. The van der Waals surface area contributed by atoms with Crippen LogP contribution in [0.15, 0.2) is 30.8 Å². The van der Waals surface area contributed by atoms with Crippen LogP contribution in [0.2, 0.25) is 6.04 Å². The molecule has 0 aliphatic carbocycles. The Kier molecular flexibility index (Phi) is 12.6. The normalized spacial score (nSPS) is 11.9. The zero-order valence-corrected chi connectivity index (χ0v) is 19.1. The van der Waals surface area contributed by atoms with Gasteiger partial charge in [0.15, 0.2) is 0 Å². The molecule has 4 heteroatoms. The summed E-state index contributed by atoms with van der Waals surface area (Å²) in [6, 6.07) is 9.62. The number of nitrogens with zero attached hydrogens (tertiary/aromatic N) is 1. The van der Waals surface area contributed by atoms with E-state index >= 15 is 0 Å². The minimum Gasteiger partial charge on any atom is -0.391 e. The van der Waals surface area contributed by atoms with Crippen LogP contribution < -0.4 is 5.19 Å². The van der Waals surface area contributed by atoms with Gasteiger partial charge in [-0.15, -0.1) is 0 Å². The van der Waals surface area contributed by atoms with Crippen molar-refractivity contribution in [2.24, 2.45) is 0 Å². The van der Waals surface area contributed by atoms with Gasteiger partial charge >= 0.3 is 8.56 Å². The predicted octanol–water partition coefficient (Wildman–Crippen LogP) is 5.34. The van der Waals surface area contributed by atoms with E-state index in [-0.39, 0.29) is 0 Å². The highest BCUT2D eigenvalue weighted by Gasteiger charge is 2.39. The Labute approximate surface area is 169 Å². The summed E-state index contributed by atoms with van der Waals surface area (Å²) in [4.78, 5) is 2.63. The van der Waals surface area contributed by atoms with Crippen molar-refractivity contribution in [2.45, 2.75) is 65.8 Å². The highest BCUT2D eigenvalue weighted by atomic mass is 28.4. The molecule has 0 atom stereocenters. The van der Waals surface area contributed by atoms with Crippen molar-refractivity contribution < 1.29 is 8.85 Å². The topological polar surface area (TPSA) is 21.7 Å². The van der Waals surface area contributed by atoms with E-state index in [1.54, 1.807) is 0 Å². The van der Waals surface area contributed by atoms with Gasteiger partial charge in [0, 0.05) is 13.2 Å². The summed E-state index contributed by atoms with van der Waals surface area (Å²) in [7, 11) is -2.40. The maximum Gasteiger partial charge on any atom is 0.372 e. The Hall–Kier alpha value is -0.943. The molecule has 0 saturated heterocycles. The van der Waals surface area contributed by atoms with Crippen LogP contribution in [0.4, 0.5) is 0 Å². The van der Waals surface area contributed by atoms with Gasteiger partial charge in [0.2, 0.25) is 0 Å². The Morgan fingerprint density at radius 1 is 0.852 bits per heavy atom. The standard InChI is InChI=1S/C23H41NO2Si/c1-6-11-18-24(19-12-7-2)20-13-21-27(25-9-4,26-10-5)23-16-14-22(8-3)15-17-23/h8,14-17H,3,6-7,9-13,18-21H2,1-2,4-5H3.